The van der Waals surface area contributed by atoms with E-state index in [1.807, 2.05) is 23.1 Å². The van der Waals surface area contributed by atoms with Crippen LogP contribution in [0.1, 0.15) is 23.5 Å². The molecular weight excluding hydrogens is 351 g/mol. The second-order valence-corrected chi connectivity index (χ2v) is 7.68. The molecule has 2 aliphatic rings. The van der Waals surface area contributed by atoms with E-state index in [9.17, 15) is 9.18 Å². The summed E-state index contributed by atoms with van der Waals surface area (Å²) < 4.78 is 13.1. The van der Waals surface area contributed by atoms with Gasteiger partial charge in [0.25, 0.3) is 0 Å². The van der Waals surface area contributed by atoms with Gasteiger partial charge in [-0.1, -0.05) is 29.8 Å². The summed E-state index contributed by atoms with van der Waals surface area (Å²) >= 11 is 6.13. The molecule has 1 saturated carbocycles. The summed E-state index contributed by atoms with van der Waals surface area (Å²) in [5, 5.41) is 0.740. The van der Waals surface area contributed by atoms with Crippen molar-refractivity contribution in [3.05, 3.63) is 64.4 Å². The van der Waals surface area contributed by atoms with Crippen molar-refractivity contribution in [1.29, 1.82) is 0 Å². The molecule has 2 aromatic rings. The fourth-order valence-electron chi connectivity index (χ4n) is 3.87. The maximum Gasteiger partial charge on any atom is 0.226 e. The Morgan fingerprint density at radius 1 is 1.08 bits per heavy atom. The molecule has 1 unspecified atom stereocenters. The molecule has 3 nitrogen and oxygen atoms in total. The predicted molar refractivity (Wildman–Crippen MR) is 102 cm³/mol. The Hall–Kier alpha value is -2.07. The molecule has 1 saturated heterocycles. The van der Waals surface area contributed by atoms with Crippen molar-refractivity contribution in [1.82, 2.24) is 4.90 Å². The maximum absolute atomic E-state index is 13.1. The van der Waals surface area contributed by atoms with E-state index in [1.165, 1.54) is 17.7 Å². The largest absolute Gasteiger partial charge is 0.368 e. The molecule has 1 heterocycles. The van der Waals surface area contributed by atoms with Crippen LogP contribution >= 0.6 is 11.6 Å². The number of halogens is 2. The smallest absolute Gasteiger partial charge is 0.226 e. The third-order valence-corrected chi connectivity index (χ3v) is 5.74. The van der Waals surface area contributed by atoms with Gasteiger partial charge in [-0.05, 0) is 54.7 Å². The Balaban J connectivity index is 1.36. The van der Waals surface area contributed by atoms with Gasteiger partial charge < -0.3 is 9.80 Å². The second-order valence-electron chi connectivity index (χ2n) is 7.24. The number of hydrogen-bond acceptors (Lipinski definition) is 2. The normalized spacial score (nSPS) is 22.4. The van der Waals surface area contributed by atoms with Gasteiger partial charge in [0, 0.05) is 42.8 Å². The summed E-state index contributed by atoms with van der Waals surface area (Å²) in [5.74, 6) is 0.308. The number of anilines is 1. The number of hydrogen-bond donors (Lipinski definition) is 0. The molecule has 0 radical (unpaired) electrons. The number of piperazine rings is 1. The van der Waals surface area contributed by atoms with Crippen LogP contribution in [0.2, 0.25) is 5.02 Å². The summed E-state index contributed by atoms with van der Waals surface area (Å²) in [6.07, 6.45) is 0.873. The minimum Gasteiger partial charge on any atom is -0.368 e. The average molecular weight is 373 g/mol. The topological polar surface area (TPSA) is 23.6 Å². The Bertz CT molecular complexity index is 815. The molecule has 2 atom stereocenters. The van der Waals surface area contributed by atoms with Crippen LogP contribution in [0.5, 0.6) is 0 Å². The molecule has 2 aromatic carbocycles. The molecule has 0 N–H and O–H groups in total. The zero-order valence-corrected chi connectivity index (χ0v) is 15.5. The van der Waals surface area contributed by atoms with Crippen molar-refractivity contribution in [3.63, 3.8) is 0 Å². The highest BCUT2D eigenvalue weighted by molar-refractivity contribution is 6.30. The van der Waals surface area contributed by atoms with E-state index in [4.69, 9.17) is 11.6 Å². The van der Waals surface area contributed by atoms with Crippen molar-refractivity contribution in [3.8, 4) is 0 Å². The van der Waals surface area contributed by atoms with Gasteiger partial charge in [0.1, 0.15) is 5.82 Å². The molecule has 26 heavy (non-hydrogen) atoms. The molecule has 1 amide bonds. The summed E-state index contributed by atoms with van der Waals surface area (Å²) in [7, 11) is 0. The van der Waals surface area contributed by atoms with Gasteiger partial charge in [-0.3, -0.25) is 4.79 Å². The minimum atomic E-state index is -0.232. The third kappa shape index (κ3) is 3.43. The number of amides is 1. The van der Waals surface area contributed by atoms with Crippen LogP contribution in [0, 0.1) is 18.7 Å². The Morgan fingerprint density at radius 2 is 1.77 bits per heavy atom. The highest BCUT2D eigenvalue weighted by Gasteiger charge is 2.46. The van der Waals surface area contributed by atoms with Gasteiger partial charge in [-0.15, -0.1) is 0 Å². The Labute approximate surface area is 158 Å². The van der Waals surface area contributed by atoms with E-state index >= 15 is 0 Å². The van der Waals surface area contributed by atoms with Gasteiger partial charge in [-0.25, -0.2) is 4.39 Å². The molecule has 0 spiro atoms. The lowest BCUT2D eigenvalue weighted by Crippen LogP contribution is -2.49. The number of carbonyl (C=O) groups excluding carboxylic acids is 1. The Morgan fingerprint density at radius 3 is 2.46 bits per heavy atom. The highest BCUT2D eigenvalue weighted by Crippen LogP contribution is 2.48. The van der Waals surface area contributed by atoms with E-state index in [1.54, 1.807) is 12.1 Å². The quantitative estimate of drug-likeness (QED) is 0.804. The van der Waals surface area contributed by atoms with Gasteiger partial charge in [0.15, 0.2) is 0 Å². The number of benzene rings is 2. The van der Waals surface area contributed by atoms with Crippen LogP contribution in [0.25, 0.3) is 0 Å². The average Bonchev–Trinajstić information content (AvgIpc) is 3.45. The minimum absolute atomic E-state index is 0.0555. The SMILES string of the molecule is Cc1ccc(Cl)cc1N1CCN(C(=O)C2C[C@H]2c2ccc(F)cc2)CC1. The van der Waals surface area contributed by atoms with Crippen LogP contribution < -0.4 is 4.90 Å². The van der Waals surface area contributed by atoms with Gasteiger partial charge >= 0.3 is 0 Å². The molecule has 136 valence electrons. The first-order valence-electron chi connectivity index (χ1n) is 9.08. The lowest BCUT2D eigenvalue weighted by atomic mass is 10.1. The van der Waals surface area contributed by atoms with Crippen LogP contribution in [0.15, 0.2) is 42.5 Å². The van der Waals surface area contributed by atoms with Gasteiger partial charge in [0.05, 0.1) is 0 Å². The molecule has 5 heteroatoms. The second kappa shape index (κ2) is 6.92. The summed E-state index contributed by atoms with van der Waals surface area (Å²) in [6.45, 7) is 5.19. The zero-order chi connectivity index (χ0) is 18.3. The number of aryl methyl sites for hydroxylation is 1. The van der Waals surface area contributed by atoms with Crippen LogP contribution in [0.3, 0.4) is 0 Å². The summed E-state index contributed by atoms with van der Waals surface area (Å²) in [5.41, 5.74) is 3.42. The van der Waals surface area contributed by atoms with E-state index < -0.39 is 0 Å². The van der Waals surface area contributed by atoms with E-state index in [-0.39, 0.29) is 23.6 Å². The lowest BCUT2D eigenvalue weighted by Gasteiger charge is -2.37. The fourth-order valence-corrected chi connectivity index (χ4v) is 4.04. The fraction of sp³-hybridized carbons (Fsp3) is 0.381. The number of carbonyl (C=O) groups is 1. The van der Waals surface area contributed by atoms with Gasteiger partial charge in [-0.2, -0.15) is 0 Å². The van der Waals surface area contributed by atoms with Crippen molar-refractivity contribution in [2.75, 3.05) is 31.1 Å². The first-order chi connectivity index (χ1) is 12.5. The molecule has 0 aromatic heterocycles. The summed E-state index contributed by atoms with van der Waals surface area (Å²) in [6, 6.07) is 12.5. The molecule has 0 bridgehead atoms. The maximum atomic E-state index is 13.1. The molecule has 2 fully saturated rings. The summed E-state index contributed by atoms with van der Waals surface area (Å²) in [4.78, 5) is 17.1. The Kier molecular flexibility index (Phi) is 4.62. The monoisotopic (exact) mass is 372 g/mol. The standard InChI is InChI=1S/C21H22ClFN2O/c1-14-2-5-16(22)12-20(14)24-8-10-25(11-9-24)21(26)19-13-18(19)15-3-6-17(23)7-4-15/h2-7,12,18-19H,8-11,13H2,1H3/t18-,19?/m0/s1. The predicted octanol–water partition coefficient (Wildman–Crippen LogP) is 4.24. The number of rotatable bonds is 3. The van der Waals surface area contributed by atoms with Crippen molar-refractivity contribution in [2.45, 2.75) is 19.3 Å². The van der Waals surface area contributed by atoms with E-state index in [2.05, 4.69) is 11.8 Å². The molecule has 4 rings (SSSR count). The van der Waals surface area contributed by atoms with Crippen LogP contribution in [-0.4, -0.2) is 37.0 Å². The number of nitrogens with zero attached hydrogens (tertiary/aromatic N) is 2. The third-order valence-electron chi connectivity index (χ3n) is 5.51. The zero-order valence-electron chi connectivity index (χ0n) is 14.8. The van der Waals surface area contributed by atoms with Gasteiger partial charge in [0.2, 0.25) is 5.91 Å². The highest BCUT2D eigenvalue weighted by atomic mass is 35.5. The van der Waals surface area contributed by atoms with Crippen LogP contribution in [0.4, 0.5) is 10.1 Å². The van der Waals surface area contributed by atoms with Crippen molar-refractivity contribution < 1.29 is 9.18 Å². The molecular formula is C21H22ClFN2O. The van der Waals surface area contributed by atoms with Crippen molar-refractivity contribution >= 4 is 23.2 Å². The molecule has 1 aliphatic carbocycles. The van der Waals surface area contributed by atoms with E-state index in [0.717, 1.165) is 48.9 Å². The van der Waals surface area contributed by atoms with Crippen molar-refractivity contribution in [2.24, 2.45) is 5.92 Å². The first kappa shape index (κ1) is 17.3. The van der Waals surface area contributed by atoms with E-state index in [0.29, 0.717) is 0 Å². The molecule has 1 aliphatic heterocycles. The van der Waals surface area contributed by atoms with Crippen LogP contribution in [-0.2, 0) is 4.79 Å². The lowest BCUT2D eigenvalue weighted by molar-refractivity contribution is -0.132. The first-order valence-corrected chi connectivity index (χ1v) is 9.46.